The smallest absolute Gasteiger partial charge is 0.340 e. The summed E-state index contributed by atoms with van der Waals surface area (Å²) in [6, 6.07) is 4.31. The number of hydrogen-bond donors (Lipinski definition) is 0. The lowest BCUT2D eigenvalue weighted by Gasteiger charge is -2.60. The monoisotopic (exact) mass is 787 g/mol. The van der Waals surface area contributed by atoms with Crippen LogP contribution in [0.5, 0.6) is 5.75 Å². The van der Waals surface area contributed by atoms with E-state index >= 15 is 26.0 Å². The third-order valence-corrected chi connectivity index (χ3v) is 19.0. The molecule has 2 aromatic carbocycles. The zero-order chi connectivity index (χ0) is 37.3. The number of halogens is 4. The van der Waals surface area contributed by atoms with Gasteiger partial charge >= 0.3 is 10.1 Å². The first-order chi connectivity index (χ1) is 25.5. The summed E-state index contributed by atoms with van der Waals surface area (Å²) in [6.07, 6.45) is 18.5. The standard InChI is InChI=1S/C42H48F4O6S2/c43-33-35(45)39(53(47,48)49)36(46)34(44)37(33)52-54(50,51)38-31(41-15-24-4-25(16-41)6-26(5-24)17-41)10-30(40-12-21-1-22(13-40)3-23(2-21)14-40)11-32(38)42-18-27-7-28(19-42)9-29(8-27)20-42/h10-11,21-29H,1-9,12-20H2,(H,47,48,49)/p-1. The van der Waals surface area contributed by atoms with E-state index < -0.39 is 65.0 Å². The molecule has 6 nitrogen and oxygen atoms in total. The Kier molecular flexibility index (Phi) is 7.31. The van der Waals surface area contributed by atoms with Crippen LogP contribution in [0.25, 0.3) is 0 Å². The van der Waals surface area contributed by atoms with E-state index in [0.29, 0.717) is 64.4 Å². The van der Waals surface area contributed by atoms with E-state index in [1.807, 2.05) is 0 Å². The summed E-state index contributed by atoms with van der Waals surface area (Å²) < 4.78 is 132. The molecule has 0 spiro atoms. The summed E-state index contributed by atoms with van der Waals surface area (Å²) in [5.74, 6) is -7.05. The molecular formula is C42H47F4O6S2-. The molecule has 2 aromatic rings. The molecule has 0 N–H and O–H groups in total. The lowest BCUT2D eigenvalue weighted by Crippen LogP contribution is -2.52. The van der Waals surface area contributed by atoms with Crippen molar-refractivity contribution in [1.82, 2.24) is 0 Å². The van der Waals surface area contributed by atoms with Gasteiger partial charge in [-0.1, -0.05) is 12.1 Å². The van der Waals surface area contributed by atoms with Gasteiger partial charge in [-0.05, 0) is 202 Å². The van der Waals surface area contributed by atoms with Crippen molar-refractivity contribution in [3.05, 3.63) is 52.1 Å². The van der Waals surface area contributed by atoms with E-state index in [1.54, 1.807) is 0 Å². The van der Waals surface area contributed by atoms with Crippen molar-refractivity contribution >= 4 is 20.2 Å². The first-order valence-corrected chi connectivity index (χ1v) is 23.3. The maximum Gasteiger partial charge on any atom is 0.340 e. The van der Waals surface area contributed by atoms with E-state index in [0.717, 1.165) is 96.3 Å². The van der Waals surface area contributed by atoms with Gasteiger partial charge in [0.25, 0.3) is 0 Å². The molecule has 12 aliphatic rings. The Hall–Kier alpha value is -2.18. The molecule has 0 heterocycles. The van der Waals surface area contributed by atoms with Gasteiger partial charge in [-0.25, -0.2) is 17.2 Å². The van der Waals surface area contributed by atoms with Crippen LogP contribution in [0.15, 0.2) is 21.9 Å². The van der Waals surface area contributed by atoms with E-state index in [9.17, 15) is 13.0 Å². The molecule has 0 radical (unpaired) electrons. The summed E-state index contributed by atoms with van der Waals surface area (Å²) in [7, 11) is -11.2. The third kappa shape index (κ3) is 5.02. The van der Waals surface area contributed by atoms with Crippen molar-refractivity contribution in [3.8, 4) is 5.75 Å². The van der Waals surface area contributed by atoms with Crippen LogP contribution >= 0.6 is 0 Å². The normalized spacial score (nSPS) is 42.6. The quantitative estimate of drug-likeness (QED) is 0.120. The van der Waals surface area contributed by atoms with E-state index in [4.69, 9.17) is 4.18 Å². The minimum absolute atomic E-state index is 0.0733. The fourth-order valence-electron chi connectivity index (χ4n) is 16.4. The minimum Gasteiger partial charge on any atom is -0.744 e. The zero-order valence-corrected chi connectivity index (χ0v) is 32.0. The molecule has 12 fully saturated rings. The van der Waals surface area contributed by atoms with Gasteiger partial charge < -0.3 is 8.74 Å². The van der Waals surface area contributed by atoms with E-state index in [-0.39, 0.29) is 10.3 Å². The molecule has 0 saturated heterocycles. The molecule has 54 heavy (non-hydrogen) atoms. The average Bonchev–Trinajstić information content (AvgIpc) is 3.06. The lowest BCUT2D eigenvalue weighted by atomic mass is 9.45. The van der Waals surface area contributed by atoms with Crippen LogP contribution in [0.2, 0.25) is 0 Å². The molecular weight excluding hydrogens is 741 g/mol. The second kappa shape index (κ2) is 11.3. The maximum absolute atomic E-state index is 15.6. The van der Waals surface area contributed by atoms with E-state index in [1.165, 1.54) is 24.8 Å². The summed E-state index contributed by atoms with van der Waals surface area (Å²) in [5, 5.41) is 0. The van der Waals surface area contributed by atoms with E-state index in [2.05, 4.69) is 12.1 Å². The van der Waals surface area contributed by atoms with Gasteiger partial charge in [0.05, 0.1) is 0 Å². The topological polar surface area (TPSA) is 101 Å². The molecule has 0 aromatic heterocycles. The highest BCUT2D eigenvalue weighted by Crippen LogP contribution is 2.67. The summed E-state index contributed by atoms with van der Waals surface area (Å²) in [6.45, 7) is 0. The lowest BCUT2D eigenvalue weighted by molar-refractivity contribution is -0.0138. The van der Waals surface area contributed by atoms with Gasteiger partial charge in [-0.15, -0.1) is 0 Å². The highest BCUT2D eigenvalue weighted by molar-refractivity contribution is 7.87. The fraction of sp³-hybridized carbons (Fsp3) is 0.714. The van der Waals surface area contributed by atoms with Crippen LogP contribution in [0.4, 0.5) is 17.6 Å². The largest absolute Gasteiger partial charge is 0.744 e. The van der Waals surface area contributed by atoms with Gasteiger partial charge in [0.15, 0.2) is 11.6 Å². The predicted molar refractivity (Wildman–Crippen MR) is 188 cm³/mol. The summed E-state index contributed by atoms with van der Waals surface area (Å²) >= 11 is 0. The van der Waals surface area contributed by atoms with Gasteiger partial charge in [0, 0.05) is 0 Å². The summed E-state index contributed by atoms with van der Waals surface area (Å²) in [4.78, 5) is -2.43. The number of rotatable bonds is 7. The second-order valence-electron chi connectivity index (χ2n) is 20.4. The van der Waals surface area contributed by atoms with Crippen molar-refractivity contribution in [3.63, 3.8) is 0 Å². The van der Waals surface area contributed by atoms with Gasteiger partial charge in [-0.3, -0.25) is 0 Å². The van der Waals surface area contributed by atoms with Crippen LogP contribution in [0.1, 0.15) is 132 Å². The third-order valence-electron chi connectivity index (χ3n) is 16.8. The van der Waals surface area contributed by atoms with Crippen LogP contribution in [0, 0.1) is 76.5 Å². The van der Waals surface area contributed by atoms with Crippen molar-refractivity contribution in [2.45, 2.75) is 142 Å². The Morgan fingerprint density at radius 3 is 1.07 bits per heavy atom. The van der Waals surface area contributed by atoms with Crippen LogP contribution in [-0.4, -0.2) is 21.4 Å². The molecule has 12 saturated carbocycles. The minimum atomic E-state index is -6.00. The SMILES string of the molecule is O=S(=O)([O-])c1c(F)c(F)c(OS(=O)(=O)c2c(C34CC5CC(CC(C5)C3)C4)cc(C34CC5CC(CC(C5)C3)C4)cc2C23CC4CC(CC(C4)C2)C3)c(F)c1F. The van der Waals surface area contributed by atoms with Gasteiger partial charge in [0.2, 0.25) is 17.4 Å². The number of hydrogen-bond acceptors (Lipinski definition) is 6. The van der Waals surface area contributed by atoms with Crippen molar-refractivity contribution < 1.29 is 43.1 Å². The molecule has 0 amide bonds. The summed E-state index contributed by atoms with van der Waals surface area (Å²) in [5.41, 5.74) is 1.48. The molecule has 12 heteroatoms. The average molecular weight is 788 g/mol. The molecule has 14 rings (SSSR count). The highest BCUT2D eigenvalue weighted by atomic mass is 32.2. The first-order valence-electron chi connectivity index (χ1n) is 20.5. The molecule has 0 unspecified atom stereocenters. The van der Waals surface area contributed by atoms with Crippen LogP contribution in [0.3, 0.4) is 0 Å². The van der Waals surface area contributed by atoms with Crippen molar-refractivity contribution in [2.24, 2.45) is 53.3 Å². The predicted octanol–water partition coefficient (Wildman–Crippen LogP) is 9.32. The molecule has 12 bridgehead atoms. The highest BCUT2D eigenvalue weighted by Gasteiger charge is 2.59. The molecule has 292 valence electrons. The van der Waals surface area contributed by atoms with Gasteiger partial charge in [0.1, 0.15) is 19.9 Å². The second-order valence-corrected chi connectivity index (χ2v) is 23.2. The maximum atomic E-state index is 15.6. The molecule has 0 aliphatic heterocycles. The molecule has 0 atom stereocenters. The Morgan fingerprint density at radius 2 is 0.778 bits per heavy atom. The molecule has 12 aliphatic carbocycles. The van der Waals surface area contributed by atoms with Crippen molar-refractivity contribution in [1.29, 1.82) is 0 Å². The Balaban J connectivity index is 1.16. The van der Waals surface area contributed by atoms with Gasteiger partial charge in [-0.2, -0.15) is 17.2 Å². The Labute approximate surface area is 315 Å². The van der Waals surface area contributed by atoms with Crippen LogP contribution < -0.4 is 4.18 Å². The fourth-order valence-corrected chi connectivity index (χ4v) is 18.5. The van der Waals surface area contributed by atoms with Crippen molar-refractivity contribution in [2.75, 3.05) is 0 Å². The van der Waals surface area contributed by atoms with Crippen LogP contribution in [-0.2, 0) is 36.5 Å². The number of benzene rings is 2. The zero-order valence-electron chi connectivity index (χ0n) is 30.4. The Bertz CT molecular complexity index is 2020. The Morgan fingerprint density at radius 1 is 0.481 bits per heavy atom. The first kappa shape index (κ1) is 35.0.